The van der Waals surface area contributed by atoms with Crippen LogP contribution in [0.1, 0.15) is 46.0 Å². The number of methoxy groups -OCH3 is 1. The zero-order valence-electron chi connectivity index (χ0n) is 11.1. The molecule has 1 fully saturated rings. The fourth-order valence-corrected chi connectivity index (χ4v) is 2.94. The molecule has 0 saturated heterocycles. The number of rotatable bonds is 4. The first-order valence-corrected chi connectivity index (χ1v) is 6.30. The second kappa shape index (κ2) is 6.27. The maximum Gasteiger partial charge on any atom is 0.0842 e. The molecule has 0 amide bonds. The lowest BCUT2D eigenvalue weighted by Crippen LogP contribution is -2.53. The largest absolute Gasteiger partial charge is 0.377 e. The van der Waals surface area contributed by atoms with E-state index in [4.69, 9.17) is 4.74 Å². The van der Waals surface area contributed by atoms with Crippen LogP contribution in [0.15, 0.2) is 0 Å². The molecule has 3 atom stereocenters. The standard InChI is InChI=1S/C14H25NO/c1-5-6-9-13(15-3)14(16-4)10-7-8-12(2)11-14/h12-13,15H,7-11H2,1-4H3. The Hall–Kier alpha value is -0.520. The van der Waals surface area contributed by atoms with Gasteiger partial charge in [0.25, 0.3) is 0 Å². The predicted octanol–water partition coefficient (Wildman–Crippen LogP) is 2.58. The van der Waals surface area contributed by atoms with Gasteiger partial charge in [0, 0.05) is 19.6 Å². The van der Waals surface area contributed by atoms with Crippen LogP contribution >= 0.6 is 0 Å². The van der Waals surface area contributed by atoms with Gasteiger partial charge in [-0.3, -0.25) is 0 Å². The maximum absolute atomic E-state index is 5.87. The molecule has 3 unspecified atom stereocenters. The topological polar surface area (TPSA) is 21.3 Å². The molecule has 1 N–H and O–H groups in total. The predicted molar refractivity (Wildman–Crippen MR) is 68.3 cm³/mol. The van der Waals surface area contributed by atoms with Crippen molar-refractivity contribution < 1.29 is 4.74 Å². The molecular formula is C14H25NO. The fourth-order valence-electron chi connectivity index (χ4n) is 2.94. The average molecular weight is 223 g/mol. The third-order valence-electron chi connectivity index (χ3n) is 3.86. The van der Waals surface area contributed by atoms with Crippen LogP contribution < -0.4 is 5.32 Å². The lowest BCUT2D eigenvalue weighted by molar-refractivity contribution is -0.0765. The first-order chi connectivity index (χ1) is 7.68. The highest BCUT2D eigenvalue weighted by molar-refractivity contribution is 5.05. The maximum atomic E-state index is 5.87. The van der Waals surface area contributed by atoms with Crippen LogP contribution in [-0.2, 0) is 4.74 Å². The SMILES string of the molecule is CC#CCC(NC)C1(OC)CCCC(C)C1. The van der Waals surface area contributed by atoms with Gasteiger partial charge in [-0.1, -0.05) is 19.8 Å². The molecular weight excluding hydrogens is 198 g/mol. The van der Waals surface area contributed by atoms with Crippen LogP contribution in [0, 0.1) is 17.8 Å². The van der Waals surface area contributed by atoms with Gasteiger partial charge in [0.05, 0.1) is 5.60 Å². The minimum atomic E-state index is -0.00370. The molecule has 0 spiro atoms. The molecule has 0 aliphatic heterocycles. The van der Waals surface area contributed by atoms with E-state index in [9.17, 15) is 0 Å². The van der Waals surface area contributed by atoms with Crippen molar-refractivity contribution in [1.82, 2.24) is 5.32 Å². The first kappa shape index (κ1) is 13.5. The molecule has 1 aliphatic carbocycles. The second-order valence-electron chi connectivity index (χ2n) is 4.94. The second-order valence-corrected chi connectivity index (χ2v) is 4.94. The monoisotopic (exact) mass is 223 g/mol. The van der Waals surface area contributed by atoms with Gasteiger partial charge < -0.3 is 10.1 Å². The average Bonchev–Trinajstić information content (AvgIpc) is 2.30. The fraction of sp³-hybridized carbons (Fsp3) is 0.857. The molecule has 0 aromatic heterocycles. The number of nitrogens with one attached hydrogen (secondary N) is 1. The summed E-state index contributed by atoms with van der Waals surface area (Å²) in [6.45, 7) is 4.22. The number of ether oxygens (including phenoxy) is 1. The van der Waals surface area contributed by atoms with Gasteiger partial charge in [-0.25, -0.2) is 0 Å². The van der Waals surface area contributed by atoms with Gasteiger partial charge >= 0.3 is 0 Å². The quantitative estimate of drug-likeness (QED) is 0.740. The summed E-state index contributed by atoms with van der Waals surface area (Å²) in [6, 6.07) is 0.354. The molecule has 1 aliphatic rings. The van der Waals surface area contributed by atoms with Crippen molar-refractivity contribution in [2.24, 2.45) is 5.92 Å². The summed E-state index contributed by atoms with van der Waals surface area (Å²) in [5.41, 5.74) is -0.00370. The Labute approximate surface area is 100 Å². The van der Waals surface area contributed by atoms with Crippen molar-refractivity contribution in [1.29, 1.82) is 0 Å². The summed E-state index contributed by atoms with van der Waals surface area (Å²) in [5.74, 6) is 6.92. The van der Waals surface area contributed by atoms with Crippen LogP contribution in [0.2, 0.25) is 0 Å². The Balaban J connectivity index is 2.77. The van der Waals surface area contributed by atoms with E-state index in [1.54, 1.807) is 0 Å². The number of hydrogen-bond acceptors (Lipinski definition) is 2. The third-order valence-corrected chi connectivity index (χ3v) is 3.86. The van der Waals surface area contributed by atoms with E-state index in [-0.39, 0.29) is 5.60 Å². The lowest BCUT2D eigenvalue weighted by atomic mass is 9.74. The summed E-state index contributed by atoms with van der Waals surface area (Å²) in [5, 5.41) is 3.39. The molecule has 1 rings (SSSR count). The summed E-state index contributed by atoms with van der Waals surface area (Å²) in [7, 11) is 3.86. The van der Waals surface area contributed by atoms with E-state index in [0.717, 1.165) is 25.2 Å². The first-order valence-electron chi connectivity index (χ1n) is 6.30. The lowest BCUT2D eigenvalue weighted by Gasteiger charge is -2.44. The van der Waals surface area contributed by atoms with Crippen molar-refractivity contribution in [3.05, 3.63) is 0 Å². The van der Waals surface area contributed by atoms with Crippen LogP contribution in [0.5, 0.6) is 0 Å². The summed E-state index contributed by atoms with van der Waals surface area (Å²) in [6.07, 6.45) is 5.80. The Morgan fingerprint density at radius 3 is 2.81 bits per heavy atom. The minimum Gasteiger partial charge on any atom is -0.377 e. The molecule has 16 heavy (non-hydrogen) atoms. The molecule has 92 valence electrons. The van der Waals surface area contributed by atoms with E-state index in [1.165, 1.54) is 12.8 Å². The van der Waals surface area contributed by atoms with Crippen LogP contribution in [0.4, 0.5) is 0 Å². The third kappa shape index (κ3) is 2.99. The minimum absolute atomic E-state index is 0.00370. The van der Waals surface area contributed by atoms with Gasteiger partial charge in [-0.05, 0) is 32.7 Å². The van der Waals surface area contributed by atoms with E-state index < -0.39 is 0 Å². The number of hydrogen-bond donors (Lipinski definition) is 1. The summed E-state index contributed by atoms with van der Waals surface area (Å²) >= 11 is 0. The zero-order valence-corrected chi connectivity index (χ0v) is 11.1. The molecule has 1 saturated carbocycles. The van der Waals surface area contributed by atoms with E-state index in [2.05, 4.69) is 24.1 Å². The Morgan fingerprint density at radius 2 is 2.31 bits per heavy atom. The van der Waals surface area contributed by atoms with Crippen molar-refractivity contribution in [2.45, 2.75) is 57.6 Å². The molecule has 0 heterocycles. The molecule has 2 heteroatoms. The van der Waals surface area contributed by atoms with Crippen LogP contribution in [0.3, 0.4) is 0 Å². The van der Waals surface area contributed by atoms with Gasteiger partial charge in [0.1, 0.15) is 0 Å². The molecule has 0 aromatic rings. The summed E-state index contributed by atoms with van der Waals surface area (Å²) in [4.78, 5) is 0. The van der Waals surface area contributed by atoms with Crippen LogP contribution in [0.25, 0.3) is 0 Å². The summed E-state index contributed by atoms with van der Waals surface area (Å²) < 4.78 is 5.87. The highest BCUT2D eigenvalue weighted by Gasteiger charge is 2.40. The smallest absolute Gasteiger partial charge is 0.0842 e. The zero-order chi connectivity index (χ0) is 12.0. The molecule has 0 aromatic carbocycles. The van der Waals surface area contributed by atoms with E-state index in [0.29, 0.717) is 6.04 Å². The number of likely N-dealkylation sites (N-methyl/N-ethyl adjacent to an activating group) is 1. The van der Waals surface area contributed by atoms with E-state index in [1.807, 2.05) is 21.1 Å². The van der Waals surface area contributed by atoms with Crippen molar-refractivity contribution >= 4 is 0 Å². The highest BCUT2D eigenvalue weighted by Crippen LogP contribution is 2.38. The van der Waals surface area contributed by atoms with Gasteiger partial charge in [-0.15, -0.1) is 11.8 Å². The van der Waals surface area contributed by atoms with Crippen molar-refractivity contribution in [3.63, 3.8) is 0 Å². The van der Waals surface area contributed by atoms with Gasteiger partial charge in [0.15, 0.2) is 0 Å². The van der Waals surface area contributed by atoms with Crippen molar-refractivity contribution in [2.75, 3.05) is 14.2 Å². The van der Waals surface area contributed by atoms with Crippen molar-refractivity contribution in [3.8, 4) is 11.8 Å². The van der Waals surface area contributed by atoms with Gasteiger partial charge in [0.2, 0.25) is 0 Å². The Kier molecular flexibility index (Phi) is 5.31. The van der Waals surface area contributed by atoms with E-state index >= 15 is 0 Å². The van der Waals surface area contributed by atoms with Crippen LogP contribution in [-0.4, -0.2) is 25.8 Å². The Morgan fingerprint density at radius 1 is 1.56 bits per heavy atom. The molecule has 2 nitrogen and oxygen atoms in total. The molecule has 0 radical (unpaired) electrons. The van der Waals surface area contributed by atoms with Gasteiger partial charge in [-0.2, -0.15) is 0 Å². The normalized spacial score (nSPS) is 31.6. The Bertz CT molecular complexity index is 266. The highest BCUT2D eigenvalue weighted by atomic mass is 16.5. The molecule has 0 bridgehead atoms.